The maximum absolute atomic E-state index is 13.9. The number of carbonyl (C=O) groups excluding carboxylic acids is 1. The van der Waals surface area contributed by atoms with E-state index in [1.807, 2.05) is 0 Å². The number of carbonyl (C=O) groups is 1. The highest BCUT2D eigenvalue weighted by Gasteiger charge is 2.34. The smallest absolute Gasteiger partial charge is 0.309 e. The van der Waals surface area contributed by atoms with E-state index in [0.29, 0.717) is 5.95 Å². The van der Waals surface area contributed by atoms with E-state index in [2.05, 4.69) is 15.0 Å². The van der Waals surface area contributed by atoms with Crippen LogP contribution in [0.15, 0.2) is 29.2 Å². The Bertz CT molecular complexity index is 1030. The lowest BCUT2D eigenvalue weighted by molar-refractivity contribution is -0.151. The largest absolute Gasteiger partial charge is 0.457 e. The van der Waals surface area contributed by atoms with Gasteiger partial charge in [-0.1, -0.05) is 12.1 Å². The number of rotatable bonds is 6. The Kier molecular flexibility index (Phi) is 6.46. The first-order chi connectivity index (χ1) is 14.2. The molecule has 2 aromatic rings. The summed E-state index contributed by atoms with van der Waals surface area (Å²) in [4.78, 5) is 25.7. The summed E-state index contributed by atoms with van der Waals surface area (Å²) in [6.07, 6.45) is 0.545. The molecule has 10 nitrogen and oxygen atoms in total. The van der Waals surface area contributed by atoms with Crippen LogP contribution in [0.3, 0.4) is 0 Å². The SMILES string of the molecule is CN(C)c1nc(N)nc(COC(=O)C2CCN(S(=O)(=O)c3ccccc3F)CC2)n1. The fraction of sp³-hybridized carbons (Fsp3) is 0.444. The van der Waals surface area contributed by atoms with Crippen LogP contribution < -0.4 is 10.6 Å². The number of halogens is 1. The van der Waals surface area contributed by atoms with Crippen LogP contribution >= 0.6 is 0 Å². The average Bonchev–Trinajstić information content (AvgIpc) is 2.72. The van der Waals surface area contributed by atoms with Crippen LogP contribution in [0.25, 0.3) is 0 Å². The summed E-state index contributed by atoms with van der Waals surface area (Å²) < 4.78 is 45.7. The van der Waals surface area contributed by atoms with Gasteiger partial charge in [0.05, 0.1) is 5.92 Å². The lowest BCUT2D eigenvalue weighted by Crippen LogP contribution is -2.40. The molecule has 1 aliphatic rings. The molecule has 0 aliphatic carbocycles. The van der Waals surface area contributed by atoms with Crippen molar-refractivity contribution < 1.29 is 22.3 Å². The lowest BCUT2D eigenvalue weighted by atomic mass is 9.98. The summed E-state index contributed by atoms with van der Waals surface area (Å²) in [5.74, 6) is -1.15. The number of benzene rings is 1. The van der Waals surface area contributed by atoms with Crippen LogP contribution in [0.1, 0.15) is 18.7 Å². The van der Waals surface area contributed by atoms with Crippen molar-refractivity contribution >= 4 is 27.9 Å². The quantitative estimate of drug-likeness (QED) is 0.651. The van der Waals surface area contributed by atoms with Gasteiger partial charge in [-0.05, 0) is 25.0 Å². The molecule has 0 radical (unpaired) electrons. The van der Waals surface area contributed by atoms with E-state index in [-0.39, 0.29) is 49.2 Å². The Balaban J connectivity index is 1.58. The minimum absolute atomic E-state index is 0.0198. The lowest BCUT2D eigenvalue weighted by Gasteiger charge is -2.30. The van der Waals surface area contributed by atoms with Gasteiger partial charge in [-0.3, -0.25) is 4.79 Å². The van der Waals surface area contributed by atoms with Gasteiger partial charge in [-0.2, -0.15) is 19.3 Å². The zero-order valence-electron chi connectivity index (χ0n) is 16.7. The second-order valence-electron chi connectivity index (χ2n) is 7.02. The number of nitrogens with two attached hydrogens (primary N) is 1. The van der Waals surface area contributed by atoms with Gasteiger partial charge in [-0.15, -0.1) is 0 Å². The second-order valence-corrected chi connectivity index (χ2v) is 8.93. The van der Waals surface area contributed by atoms with Gasteiger partial charge in [-0.25, -0.2) is 12.8 Å². The van der Waals surface area contributed by atoms with Gasteiger partial charge >= 0.3 is 5.97 Å². The van der Waals surface area contributed by atoms with Crippen LogP contribution in [0.2, 0.25) is 0 Å². The number of hydrogen-bond donors (Lipinski definition) is 1. The van der Waals surface area contributed by atoms with E-state index in [4.69, 9.17) is 10.5 Å². The summed E-state index contributed by atoms with van der Waals surface area (Å²) >= 11 is 0. The zero-order chi connectivity index (χ0) is 21.9. The normalized spacial score (nSPS) is 15.7. The van der Waals surface area contributed by atoms with Crippen molar-refractivity contribution in [1.29, 1.82) is 0 Å². The number of sulfonamides is 1. The van der Waals surface area contributed by atoms with Crippen LogP contribution in [0.4, 0.5) is 16.3 Å². The van der Waals surface area contributed by atoms with E-state index >= 15 is 0 Å². The maximum atomic E-state index is 13.9. The average molecular weight is 438 g/mol. The first-order valence-corrected chi connectivity index (χ1v) is 10.7. The molecule has 2 heterocycles. The predicted octanol–water partition coefficient (Wildman–Crippen LogP) is 0.803. The van der Waals surface area contributed by atoms with Crippen molar-refractivity contribution in [3.63, 3.8) is 0 Å². The number of ether oxygens (including phenoxy) is 1. The van der Waals surface area contributed by atoms with E-state index in [1.165, 1.54) is 22.5 Å². The van der Waals surface area contributed by atoms with Crippen LogP contribution in [-0.2, 0) is 26.2 Å². The first-order valence-electron chi connectivity index (χ1n) is 9.27. The molecule has 0 bridgehead atoms. The molecule has 30 heavy (non-hydrogen) atoms. The van der Waals surface area contributed by atoms with Crippen LogP contribution in [-0.4, -0.2) is 60.8 Å². The third-order valence-corrected chi connectivity index (χ3v) is 6.60. The minimum Gasteiger partial charge on any atom is -0.457 e. The molecule has 0 spiro atoms. The van der Waals surface area contributed by atoms with Crippen molar-refractivity contribution in [3.05, 3.63) is 35.9 Å². The van der Waals surface area contributed by atoms with Gasteiger partial charge in [0.1, 0.15) is 10.7 Å². The number of anilines is 2. The van der Waals surface area contributed by atoms with Gasteiger partial charge in [0.25, 0.3) is 0 Å². The van der Waals surface area contributed by atoms with Crippen molar-refractivity contribution in [3.8, 4) is 0 Å². The highest BCUT2D eigenvalue weighted by atomic mass is 32.2. The molecule has 2 N–H and O–H groups in total. The Labute approximate surface area is 173 Å². The molecule has 12 heteroatoms. The van der Waals surface area contributed by atoms with Gasteiger partial charge in [0.2, 0.25) is 21.9 Å². The number of piperidine rings is 1. The molecule has 0 saturated carbocycles. The third kappa shape index (κ3) is 4.82. The molecule has 3 rings (SSSR count). The predicted molar refractivity (Wildman–Crippen MR) is 106 cm³/mol. The Hall–Kier alpha value is -2.86. The Morgan fingerprint density at radius 1 is 1.23 bits per heavy atom. The van der Waals surface area contributed by atoms with E-state index < -0.39 is 27.7 Å². The molecule has 162 valence electrons. The maximum Gasteiger partial charge on any atom is 0.309 e. The molecular weight excluding hydrogens is 415 g/mol. The van der Waals surface area contributed by atoms with Crippen molar-refractivity contribution in [2.24, 2.45) is 5.92 Å². The highest BCUT2D eigenvalue weighted by molar-refractivity contribution is 7.89. The molecule has 1 fully saturated rings. The van der Waals surface area contributed by atoms with E-state index in [9.17, 15) is 17.6 Å². The molecule has 0 atom stereocenters. The molecule has 0 amide bonds. The van der Waals surface area contributed by atoms with Gasteiger partial charge in [0, 0.05) is 27.2 Å². The number of aromatic nitrogens is 3. The van der Waals surface area contributed by atoms with Gasteiger partial charge in [0.15, 0.2) is 12.4 Å². The molecule has 1 aliphatic heterocycles. The summed E-state index contributed by atoms with van der Waals surface area (Å²) in [6.45, 7) is 0.0277. The molecule has 0 unspecified atom stereocenters. The molecule has 1 saturated heterocycles. The first kappa shape index (κ1) is 21.8. The summed E-state index contributed by atoms with van der Waals surface area (Å²) in [5, 5.41) is 0. The zero-order valence-corrected chi connectivity index (χ0v) is 17.5. The van der Waals surface area contributed by atoms with E-state index in [1.54, 1.807) is 19.0 Å². The Morgan fingerprint density at radius 3 is 2.53 bits per heavy atom. The van der Waals surface area contributed by atoms with Crippen molar-refractivity contribution in [2.45, 2.75) is 24.3 Å². The van der Waals surface area contributed by atoms with Crippen molar-refractivity contribution in [1.82, 2.24) is 19.3 Å². The molecule has 1 aromatic carbocycles. The molecular formula is C18H23FN6O4S. The second kappa shape index (κ2) is 8.88. The van der Waals surface area contributed by atoms with Crippen LogP contribution in [0.5, 0.6) is 0 Å². The Morgan fingerprint density at radius 2 is 1.90 bits per heavy atom. The fourth-order valence-electron chi connectivity index (χ4n) is 3.07. The summed E-state index contributed by atoms with van der Waals surface area (Å²) in [5.41, 5.74) is 5.64. The third-order valence-electron chi connectivity index (χ3n) is 4.67. The number of nitrogens with zero attached hydrogens (tertiary/aromatic N) is 5. The summed E-state index contributed by atoms with van der Waals surface area (Å²) in [7, 11) is -0.467. The highest BCUT2D eigenvalue weighted by Crippen LogP contribution is 2.26. The fourth-order valence-corrected chi connectivity index (χ4v) is 4.60. The number of hydrogen-bond acceptors (Lipinski definition) is 9. The summed E-state index contributed by atoms with van der Waals surface area (Å²) in [6, 6.07) is 5.23. The van der Waals surface area contributed by atoms with E-state index in [0.717, 1.165) is 6.07 Å². The van der Waals surface area contributed by atoms with Crippen molar-refractivity contribution in [2.75, 3.05) is 37.8 Å². The number of esters is 1. The minimum atomic E-state index is -3.95. The van der Waals surface area contributed by atoms with Gasteiger partial charge < -0.3 is 15.4 Å². The molecule has 1 aromatic heterocycles. The standard InChI is InChI=1S/C18H23FN6O4S/c1-24(2)18-22-15(21-17(20)23-18)11-29-16(26)12-7-9-25(10-8-12)30(27,28)14-6-4-3-5-13(14)19/h3-6,12H,7-11H2,1-2H3,(H2,20,21,22,23). The number of nitrogen functional groups attached to an aromatic ring is 1. The monoisotopic (exact) mass is 438 g/mol. The van der Waals surface area contributed by atoms with Crippen LogP contribution in [0, 0.1) is 11.7 Å². The topological polar surface area (TPSA) is 132 Å².